The van der Waals surface area contributed by atoms with Crippen LogP contribution in [0.4, 0.5) is 4.39 Å². The van der Waals surface area contributed by atoms with Crippen molar-refractivity contribution >= 4 is 6.08 Å². The minimum Gasteiger partial charge on any atom is -0.246 e. The van der Waals surface area contributed by atoms with E-state index in [-0.39, 0.29) is 0 Å². The summed E-state index contributed by atoms with van der Waals surface area (Å²) in [6.45, 7) is -0.508. The summed E-state index contributed by atoms with van der Waals surface area (Å²) in [5, 5.41) is 0. The molecule has 3 heteroatoms. The molecule has 14 heavy (non-hydrogen) atoms. The lowest BCUT2D eigenvalue weighted by Gasteiger charge is -2.11. The normalized spacial score (nSPS) is 17.2. The Kier molecular flexibility index (Phi) is 2.18. The average molecular weight is 191 g/mol. The Hall–Kier alpha value is -1.47. The third-order valence-corrected chi connectivity index (χ3v) is 2.65. The van der Waals surface area contributed by atoms with Gasteiger partial charge in [0.1, 0.15) is 6.67 Å². The Bertz CT molecular complexity index is 392. The van der Waals surface area contributed by atoms with Crippen molar-refractivity contribution in [2.24, 2.45) is 4.99 Å². The van der Waals surface area contributed by atoms with Crippen molar-refractivity contribution < 1.29 is 9.18 Å². The van der Waals surface area contributed by atoms with Crippen molar-refractivity contribution in [3.63, 3.8) is 0 Å². The number of rotatable bonds is 3. The first-order chi connectivity index (χ1) is 6.82. The number of alkyl halides is 1. The van der Waals surface area contributed by atoms with E-state index in [1.165, 1.54) is 0 Å². The van der Waals surface area contributed by atoms with Gasteiger partial charge in [0.2, 0.25) is 6.08 Å². The number of isocyanates is 1. The molecule has 0 aromatic heterocycles. The number of hydrogen-bond donors (Lipinski definition) is 0. The molecule has 1 aliphatic carbocycles. The Balaban J connectivity index is 2.45. The number of hydrogen-bond acceptors (Lipinski definition) is 2. The molecule has 0 heterocycles. The first-order valence-electron chi connectivity index (χ1n) is 4.56. The molecule has 1 aromatic rings. The first-order valence-corrected chi connectivity index (χ1v) is 4.56. The van der Waals surface area contributed by atoms with Crippen LogP contribution in [0.15, 0.2) is 29.3 Å². The van der Waals surface area contributed by atoms with Gasteiger partial charge >= 0.3 is 0 Å². The largest absolute Gasteiger partial charge is 0.246 e. The lowest BCUT2D eigenvalue weighted by molar-refractivity contribution is 0.478. The Morgan fingerprint density at radius 1 is 1.43 bits per heavy atom. The van der Waals surface area contributed by atoms with Gasteiger partial charge in [-0.3, -0.25) is 0 Å². The van der Waals surface area contributed by atoms with Crippen LogP contribution in [0.5, 0.6) is 0 Å². The SMILES string of the molecule is O=C=NC1(c2ccccc2CF)CC1. The minimum atomic E-state index is -0.508. The van der Waals surface area contributed by atoms with E-state index in [0.717, 1.165) is 18.4 Å². The molecule has 72 valence electrons. The van der Waals surface area contributed by atoms with Gasteiger partial charge in [0.15, 0.2) is 0 Å². The Morgan fingerprint density at radius 2 is 2.14 bits per heavy atom. The van der Waals surface area contributed by atoms with Gasteiger partial charge in [0.05, 0.1) is 5.54 Å². The molecule has 0 N–H and O–H groups in total. The zero-order valence-corrected chi connectivity index (χ0v) is 7.66. The molecule has 1 saturated carbocycles. The van der Waals surface area contributed by atoms with Gasteiger partial charge in [-0.1, -0.05) is 24.3 Å². The molecule has 0 radical (unpaired) electrons. The maximum absolute atomic E-state index is 12.6. The summed E-state index contributed by atoms with van der Waals surface area (Å²) in [7, 11) is 0. The smallest absolute Gasteiger partial charge is 0.235 e. The molecule has 1 fully saturated rings. The van der Waals surface area contributed by atoms with Crippen LogP contribution >= 0.6 is 0 Å². The summed E-state index contributed by atoms with van der Waals surface area (Å²) < 4.78 is 12.6. The topological polar surface area (TPSA) is 29.4 Å². The lowest BCUT2D eigenvalue weighted by atomic mass is 10.00. The molecule has 0 bridgehead atoms. The summed E-state index contributed by atoms with van der Waals surface area (Å²) in [4.78, 5) is 14.0. The second-order valence-corrected chi connectivity index (χ2v) is 3.53. The van der Waals surface area contributed by atoms with Crippen LogP contribution in [0.1, 0.15) is 24.0 Å². The van der Waals surface area contributed by atoms with Crippen molar-refractivity contribution in [3.05, 3.63) is 35.4 Å². The van der Waals surface area contributed by atoms with Crippen molar-refractivity contribution in [1.82, 2.24) is 0 Å². The molecule has 0 saturated heterocycles. The molecule has 0 unspecified atom stereocenters. The minimum absolute atomic E-state index is 0.454. The van der Waals surface area contributed by atoms with Crippen LogP contribution in [0, 0.1) is 0 Å². The number of benzene rings is 1. The molecule has 2 nitrogen and oxygen atoms in total. The van der Waals surface area contributed by atoms with E-state index in [1.807, 2.05) is 12.1 Å². The molecule has 0 atom stereocenters. The number of nitrogens with zero attached hydrogens (tertiary/aromatic N) is 1. The molecule has 0 spiro atoms. The van der Waals surface area contributed by atoms with Crippen LogP contribution in [0.25, 0.3) is 0 Å². The number of carbonyl (C=O) groups excluding carboxylic acids is 1. The third-order valence-electron chi connectivity index (χ3n) is 2.65. The predicted octanol–water partition coefficient (Wildman–Crippen LogP) is 2.48. The maximum atomic E-state index is 12.6. The average Bonchev–Trinajstić information content (AvgIpc) is 2.99. The Morgan fingerprint density at radius 3 is 2.71 bits per heavy atom. The van der Waals surface area contributed by atoms with E-state index < -0.39 is 12.2 Å². The summed E-state index contributed by atoms with van der Waals surface area (Å²) in [6, 6.07) is 7.20. The van der Waals surface area contributed by atoms with Crippen molar-refractivity contribution in [3.8, 4) is 0 Å². The molecular formula is C11H10FNO. The molecule has 1 aromatic carbocycles. The van der Waals surface area contributed by atoms with E-state index in [1.54, 1.807) is 18.2 Å². The highest BCUT2D eigenvalue weighted by Gasteiger charge is 2.45. The predicted molar refractivity (Wildman–Crippen MR) is 50.3 cm³/mol. The lowest BCUT2D eigenvalue weighted by Crippen LogP contribution is -2.05. The van der Waals surface area contributed by atoms with Crippen molar-refractivity contribution in [2.75, 3.05) is 0 Å². The fourth-order valence-electron chi connectivity index (χ4n) is 1.74. The number of halogens is 1. The van der Waals surface area contributed by atoms with E-state index in [0.29, 0.717) is 5.56 Å². The highest BCUT2D eigenvalue weighted by molar-refractivity contribution is 5.44. The molecule has 1 aliphatic rings. The summed E-state index contributed by atoms with van der Waals surface area (Å²) >= 11 is 0. The van der Waals surface area contributed by atoms with Gasteiger partial charge in [-0.15, -0.1) is 0 Å². The zero-order chi connectivity index (χ0) is 10.0. The second-order valence-electron chi connectivity index (χ2n) is 3.53. The molecule has 0 amide bonds. The third kappa shape index (κ3) is 1.36. The van der Waals surface area contributed by atoms with Crippen molar-refractivity contribution in [2.45, 2.75) is 25.1 Å². The van der Waals surface area contributed by atoms with Gasteiger partial charge in [-0.2, -0.15) is 4.99 Å². The van der Waals surface area contributed by atoms with Gasteiger partial charge < -0.3 is 0 Å². The van der Waals surface area contributed by atoms with Crippen LogP contribution in [-0.4, -0.2) is 6.08 Å². The quantitative estimate of drug-likeness (QED) is 0.533. The zero-order valence-electron chi connectivity index (χ0n) is 7.66. The van der Waals surface area contributed by atoms with Crippen LogP contribution < -0.4 is 0 Å². The second kappa shape index (κ2) is 3.35. The van der Waals surface area contributed by atoms with Crippen LogP contribution in [0.2, 0.25) is 0 Å². The summed E-state index contributed by atoms with van der Waals surface area (Å²) in [6.07, 6.45) is 3.21. The highest BCUT2D eigenvalue weighted by Crippen LogP contribution is 2.50. The Labute approximate surface area is 81.5 Å². The highest BCUT2D eigenvalue weighted by atomic mass is 19.1. The van der Waals surface area contributed by atoms with Gasteiger partial charge in [0, 0.05) is 0 Å². The van der Waals surface area contributed by atoms with E-state index in [4.69, 9.17) is 0 Å². The maximum Gasteiger partial charge on any atom is 0.235 e. The summed E-state index contributed by atoms with van der Waals surface area (Å²) in [5.41, 5.74) is 1.01. The van der Waals surface area contributed by atoms with E-state index in [9.17, 15) is 9.18 Å². The number of aliphatic imine (C=N–C) groups is 1. The van der Waals surface area contributed by atoms with Gasteiger partial charge in [0.25, 0.3) is 0 Å². The molecule has 0 aliphatic heterocycles. The van der Waals surface area contributed by atoms with Crippen LogP contribution in [-0.2, 0) is 17.0 Å². The summed E-state index contributed by atoms with van der Waals surface area (Å²) in [5.74, 6) is 0. The van der Waals surface area contributed by atoms with Gasteiger partial charge in [-0.25, -0.2) is 9.18 Å². The standard InChI is InChI=1S/C11H10FNO/c12-7-9-3-1-2-4-10(9)11(5-6-11)13-8-14/h1-4H,5-7H2. The monoisotopic (exact) mass is 191 g/mol. The molecular weight excluding hydrogens is 181 g/mol. The molecule has 2 rings (SSSR count). The van der Waals surface area contributed by atoms with Gasteiger partial charge in [-0.05, 0) is 24.0 Å². The first kappa shape index (κ1) is 9.10. The van der Waals surface area contributed by atoms with Crippen LogP contribution in [0.3, 0.4) is 0 Å². The fourth-order valence-corrected chi connectivity index (χ4v) is 1.74. The van der Waals surface area contributed by atoms with Crippen molar-refractivity contribution in [1.29, 1.82) is 0 Å². The van der Waals surface area contributed by atoms with E-state index >= 15 is 0 Å². The fraction of sp³-hybridized carbons (Fsp3) is 0.364. The van der Waals surface area contributed by atoms with E-state index in [2.05, 4.69) is 4.99 Å².